The van der Waals surface area contributed by atoms with Crippen molar-refractivity contribution in [3.8, 4) is 0 Å². The third kappa shape index (κ3) is 5.52. The summed E-state index contributed by atoms with van der Waals surface area (Å²) in [6.45, 7) is 0. The summed E-state index contributed by atoms with van der Waals surface area (Å²) in [7, 11) is 0. The number of urea groups is 1. The molecule has 0 bridgehead atoms. The number of nitrogens with one attached hydrogen (secondary N) is 4. The van der Waals surface area contributed by atoms with Crippen LogP contribution in [0, 0.1) is 0 Å². The van der Waals surface area contributed by atoms with Crippen LogP contribution in [0.25, 0.3) is 0 Å². The third-order valence-corrected chi connectivity index (χ3v) is 4.66. The minimum Gasteiger partial charge on any atom is -0.356 e. The highest BCUT2D eigenvalue weighted by molar-refractivity contribution is 6.11. The second kappa shape index (κ2) is 9.95. The van der Waals surface area contributed by atoms with Gasteiger partial charge in [0.25, 0.3) is 5.91 Å². The van der Waals surface area contributed by atoms with E-state index in [0.29, 0.717) is 22.6 Å². The van der Waals surface area contributed by atoms with Gasteiger partial charge in [-0.2, -0.15) is 0 Å². The monoisotopic (exact) mass is 422 g/mol. The van der Waals surface area contributed by atoms with E-state index in [1.807, 2.05) is 72.8 Å². The summed E-state index contributed by atoms with van der Waals surface area (Å²) in [5.41, 5.74) is 3.99. The predicted molar refractivity (Wildman–Crippen MR) is 130 cm³/mol. The van der Waals surface area contributed by atoms with Crippen molar-refractivity contribution >= 4 is 40.4 Å². The molecule has 6 heteroatoms. The molecule has 0 aromatic heterocycles. The van der Waals surface area contributed by atoms with Crippen molar-refractivity contribution in [1.82, 2.24) is 0 Å². The molecule has 0 saturated carbocycles. The average Bonchev–Trinajstić information content (AvgIpc) is 2.82. The van der Waals surface area contributed by atoms with Gasteiger partial charge < -0.3 is 21.3 Å². The molecule has 4 rings (SSSR count). The maximum absolute atomic E-state index is 12.9. The maximum atomic E-state index is 12.9. The lowest BCUT2D eigenvalue weighted by molar-refractivity contribution is 0.102. The molecule has 0 spiro atoms. The minimum absolute atomic E-state index is 0.315. The van der Waals surface area contributed by atoms with Gasteiger partial charge in [0.15, 0.2) is 0 Å². The first-order valence-electron chi connectivity index (χ1n) is 10.1. The standard InChI is InChI=1S/C26H22N4O2/c31-25(28-22-17-15-21(16-18-22)27-19-9-3-1-4-10-19)23-13-7-8-14-24(23)30-26(32)29-20-11-5-2-6-12-20/h1-18,27H,(H,28,31)(H2,29,30,32). The van der Waals surface area contributed by atoms with E-state index in [0.717, 1.165) is 11.4 Å². The number of anilines is 5. The summed E-state index contributed by atoms with van der Waals surface area (Å²) in [6, 6.07) is 32.8. The van der Waals surface area contributed by atoms with E-state index in [9.17, 15) is 9.59 Å². The number of carbonyl (C=O) groups excluding carboxylic acids is 2. The maximum Gasteiger partial charge on any atom is 0.323 e. The van der Waals surface area contributed by atoms with E-state index in [1.165, 1.54) is 0 Å². The fourth-order valence-electron chi connectivity index (χ4n) is 3.12. The van der Waals surface area contributed by atoms with Gasteiger partial charge in [-0.25, -0.2) is 4.79 Å². The van der Waals surface area contributed by atoms with E-state index in [1.54, 1.807) is 36.4 Å². The van der Waals surface area contributed by atoms with Gasteiger partial charge >= 0.3 is 6.03 Å². The Morgan fingerprint density at radius 1 is 0.469 bits per heavy atom. The Hall–Kier alpha value is -4.58. The molecule has 0 saturated heterocycles. The zero-order chi connectivity index (χ0) is 22.2. The second-order valence-corrected chi connectivity index (χ2v) is 7.01. The topological polar surface area (TPSA) is 82.3 Å². The Morgan fingerprint density at radius 2 is 0.969 bits per heavy atom. The van der Waals surface area contributed by atoms with Crippen LogP contribution in [0.2, 0.25) is 0 Å². The van der Waals surface area contributed by atoms with Crippen molar-refractivity contribution in [2.24, 2.45) is 0 Å². The van der Waals surface area contributed by atoms with Crippen LogP contribution in [0.15, 0.2) is 109 Å². The molecular formula is C26H22N4O2. The number of rotatable bonds is 6. The lowest BCUT2D eigenvalue weighted by atomic mass is 10.1. The highest BCUT2D eigenvalue weighted by Gasteiger charge is 2.13. The predicted octanol–water partition coefficient (Wildman–Crippen LogP) is 6.33. The molecule has 3 amide bonds. The lowest BCUT2D eigenvalue weighted by Crippen LogP contribution is -2.22. The normalized spacial score (nSPS) is 10.1. The number of amides is 3. The van der Waals surface area contributed by atoms with Gasteiger partial charge in [0, 0.05) is 22.7 Å². The number of para-hydroxylation sites is 3. The first kappa shape index (κ1) is 20.7. The van der Waals surface area contributed by atoms with Gasteiger partial charge in [-0.05, 0) is 60.7 Å². The van der Waals surface area contributed by atoms with Crippen LogP contribution < -0.4 is 21.3 Å². The van der Waals surface area contributed by atoms with E-state index < -0.39 is 6.03 Å². The largest absolute Gasteiger partial charge is 0.356 e. The third-order valence-electron chi connectivity index (χ3n) is 4.66. The van der Waals surface area contributed by atoms with Gasteiger partial charge in [-0.3, -0.25) is 4.79 Å². The highest BCUT2D eigenvalue weighted by atomic mass is 16.2. The number of hydrogen-bond donors (Lipinski definition) is 4. The first-order chi connectivity index (χ1) is 15.7. The first-order valence-corrected chi connectivity index (χ1v) is 10.1. The Bertz CT molecular complexity index is 1190. The van der Waals surface area contributed by atoms with E-state index in [2.05, 4.69) is 21.3 Å². The Balaban J connectivity index is 1.40. The molecule has 4 aromatic carbocycles. The molecule has 0 unspecified atom stereocenters. The molecule has 0 radical (unpaired) electrons. The average molecular weight is 422 g/mol. The molecule has 0 aliphatic rings. The summed E-state index contributed by atoms with van der Waals surface area (Å²) < 4.78 is 0. The number of hydrogen-bond acceptors (Lipinski definition) is 3. The fraction of sp³-hybridized carbons (Fsp3) is 0. The van der Waals surface area contributed by atoms with Crippen LogP contribution in [-0.2, 0) is 0 Å². The van der Waals surface area contributed by atoms with E-state index >= 15 is 0 Å². The van der Waals surface area contributed by atoms with Crippen LogP contribution in [0.1, 0.15) is 10.4 Å². The molecule has 158 valence electrons. The molecule has 32 heavy (non-hydrogen) atoms. The molecule has 4 aromatic rings. The summed E-state index contributed by atoms with van der Waals surface area (Å²) in [5, 5.41) is 11.7. The number of benzene rings is 4. The molecular weight excluding hydrogens is 400 g/mol. The molecule has 6 nitrogen and oxygen atoms in total. The molecule has 0 aliphatic carbocycles. The summed E-state index contributed by atoms with van der Waals surface area (Å²) in [5.74, 6) is -0.315. The fourth-order valence-corrected chi connectivity index (χ4v) is 3.12. The molecule has 0 atom stereocenters. The van der Waals surface area contributed by atoms with Crippen molar-refractivity contribution in [2.75, 3.05) is 21.3 Å². The Labute approximate surface area is 186 Å². The molecule has 0 heterocycles. The molecule has 0 fully saturated rings. The zero-order valence-electron chi connectivity index (χ0n) is 17.2. The Morgan fingerprint density at radius 3 is 1.66 bits per heavy atom. The van der Waals surface area contributed by atoms with Crippen LogP contribution in [0.4, 0.5) is 33.2 Å². The van der Waals surface area contributed by atoms with Crippen LogP contribution in [0.5, 0.6) is 0 Å². The van der Waals surface area contributed by atoms with Crippen LogP contribution in [-0.4, -0.2) is 11.9 Å². The summed E-state index contributed by atoms with van der Waals surface area (Å²) >= 11 is 0. The van der Waals surface area contributed by atoms with Gasteiger partial charge in [-0.15, -0.1) is 0 Å². The minimum atomic E-state index is -0.423. The van der Waals surface area contributed by atoms with Gasteiger partial charge in [-0.1, -0.05) is 48.5 Å². The van der Waals surface area contributed by atoms with Gasteiger partial charge in [0.1, 0.15) is 0 Å². The van der Waals surface area contributed by atoms with Crippen LogP contribution in [0.3, 0.4) is 0 Å². The Kier molecular flexibility index (Phi) is 6.43. The zero-order valence-corrected chi connectivity index (χ0v) is 17.2. The summed E-state index contributed by atoms with van der Waals surface area (Å²) in [6.07, 6.45) is 0. The van der Waals surface area contributed by atoms with Crippen molar-refractivity contribution in [1.29, 1.82) is 0 Å². The second-order valence-electron chi connectivity index (χ2n) is 7.01. The van der Waals surface area contributed by atoms with Crippen molar-refractivity contribution in [3.05, 3.63) is 115 Å². The van der Waals surface area contributed by atoms with E-state index in [4.69, 9.17) is 0 Å². The van der Waals surface area contributed by atoms with Crippen molar-refractivity contribution in [2.45, 2.75) is 0 Å². The van der Waals surface area contributed by atoms with Gasteiger partial charge in [0.2, 0.25) is 0 Å². The number of carbonyl (C=O) groups is 2. The molecule has 4 N–H and O–H groups in total. The van der Waals surface area contributed by atoms with Crippen molar-refractivity contribution < 1.29 is 9.59 Å². The lowest BCUT2D eigenvalue weighted by Gasteiger charge is -2.13. The van der Waals surface area contributed by atoms with E-state index in [-0.39, 0.29) is 5.91 Å². The van der Waals surface area contributed by atoms with Crippen LogP contribution >= 0.6 is 0 Å². The van der Waals surface area contributed by atoms with Gasteiger partial charge in [0.05, 0.1) is 11.3 Å². The molecule has 0 aliphatic heterocycles. The SMILES string of the molecule is O=C(Nc1ccccc1)Nc1ccccc1C(=O)Nc1ccc(Nc2ccccc2)cc1. The quantitative estimate of drug-likeness (QED) is 0.293. The van der Waals surface area contributed by atoms with Crippen molar-refractivity contribution in [3.63, 3.8) is 0 Å². The smallest absolute Gasteiger partial charge is 0.323 e. The summed E-state index contributed by atoms with van der Waals surface area (Å²) in [4.78, 5) is 25.2. The highest BCUT2D eigenvalue weighted by Crippen LogP contribution is 2.21.